The summed E-state index contributed by atoms with van der Waals surface area (Å²) in [5, 5.41) is 8.62. The van der Waals surface area contributed by atoms with Gasteiger partial charge in [-0.2, -0.15) is 0 Å². The molecule has 1 aliphatic rings. The second-order valence-corrected chi connectivity index (χ2v) is 3.76. The van der Waals surface area contributed by atoms with E-state index in [9.17, 15) is 0 Å². The number of aliphatic hydroxyl groups is 1. The Hall–Kier alpha value is 0.650. The molecule has 3 atom stereocenters. The van der Waals surface area contributed by atoms with Gasteiger partial charge in [-0.15, -0.1) is 0 Å². The zero-order valence-corrected chi connectivity index (χ0v) is 7.11. The smallest absolute Gasteiger partial charge is 0.0821 e. The van der Waals surface area contributed by atoms with Gasteiger partial charge in [0.25, 0.3) is 0 Å². The van der Waals surface area contributed by atoms with E-state index >= 15 is 0 Å². The third-order valence-corrected chi connectivity index (χ3v) is 2.62. The quantitative estimate of drug-likeness (QED) is 0.538. The molecule has 9 heavy (non-hydrogen) atoms. The van der Waals surface area contributed by atoms with Crippen molar-refractivity contribution in [1.29, 1.82) is 0 Å². The largest absolute Gasteiger partial charge is 0.394 e. The first-order chi connectivity index (χ1) is 4.24. The van der Waals surface area contributed by atoms with Crippen molar-refractivity contribution in [2.75, 3.05) is 6.61 Å². The van der Waals surface area contributed by atoms with E-state index in [1.165, 1.54) is 0 Å². The Balaban J connectivity index is 2.35. The van der Waals surface area contributed by atoms with Crippen LogP contribution in [0.4, 0.5) is 0 Å². The number of rotatable bonds is 1. The number of ether oxygens (including phenoxy) is 1. The van der Waals surface area contributed by atoms with Crippen molar-refractivity contribution < 1.29 is 9.84 Å². The predicted octanol–water partition coefficient (Wildman–Crippen LogP) is 0.651. The molecule has 1 rings (SSSR count). The summed E-state index contributed by atoms with van der Waals surface area (Å²) in [7, 11) is 0. The normalized spacial score (nSPS) is 43.7. The summed E-state index contributed by atoms with van der Waals surface area (Å²) in [5.74, 6) is 0. The van der Waals surface area contributed by atoms with Crippen molar-refractivity contribution in [3.8, 4) is 0 Å². The maximum absolute atomic E-state index is 8.62. The molecule has 2 radical (unpaired) electrons. The Labute approximate surface area is 68.7 Å². The molecule has 1 heterocycles. The summed E-state index contributed by atoms with van der Waals surface area (Å²) < 4.78 is 5.50. The van der Waals surface area contributed by atoms with E-state index in [0.717, 1.165) is 6.42 Å². The molecule has 2 nitrogen and oxygen atoms in total. The second-order valence-electron chi connectivity index (χ2n) is 2.16. The van der Waals surface area contributed by atoms with Crippen LogP contribution in [-0.4, -0.2) is 27.8 Å². The van der Waals surface area contributed by atoms with E-state index in [-0.39, 0.29) is 18.8 Å². The molecule has 0 bridgehead atoms. The molecule has 1 unspecified atom stereocenters. The van der Waals surface area contributed by atoms with Crippen LogP contribution in [0.3, 0.4) is 0 Å². The summed E-state index contributed by atoms with van der Waals surface area (Å²) in [5.41, 5.74) is 0. The highest BCUT2D eigenvalue weighted by Gasteiger charge is 2.29. The minimum absolute atomic E-state index is 0.0260. The maximum atomic E-state index is 8.62. The molecule has 1 aliphatic heterocycles. The molecule has 0 amide bonds. The van der Waals surface area contributed by atoms with E-state index in [4.69, 9.17) is 16.8 Å². The van der Waals surface area contributed by atoms with Crippen molar-refractivity contribution in [2.24, 2.45) is 0 Å². The van der Waals surface area contributed by atoms with Gasteiger partial charge in [0.05, 0.1) is 18.8 Å². The van der Waals surface area contributed by atoms with Gasteiger partial charge in [-0.3, -0.25) is 0 Å². The van der Waals surface area contributed by atoms with Crippen LogP contribution in [-0.2, 0) is 4.74 Å². The van der Waals surface area contributed by atoms with Gasteiger partial charge in [-0.1, -0.05) is 22.6 Å². The summed E-state index contributed by atoms with van der Waals surface area (Å²) in [6, 6.07) is 0. The molecule has 0 aromatic heterocycles. The Morgan fingerprint density at radius 1 is 1.78 bits per heavy atom. The minimum Gasteiger partial charge on any atom is -0.394 e. The fourth-order valence-electron chi connectivity index (χ4n) is 0.866. The Morgan fingerprint density at radius 2 is 2.44 bits per heavy atom. The van der Waals surface area contributed by atoms with Crippen LogP contribution in [0.25, 0.3) is 0 Å². The van der Waals surface area contributed by atoms with Crippen LogP contribution < -0.4 is 0 Å². The van der Waals surface area contributed by atoms with Gasteiger partial charge in [0.15, 0.2) is 0 Å². The van der Waals surface area contributed by atoms with E-state index in [1.54, 1.807) is 0 Å². The third kappa shape index (κ3) is 1.78. The molecular formula is C6H9IO2. The third-order valence-electron chi connectivity index (χ3n) is 1.40. The lowest BCUT2D eigenvalue weighted by Gasteiger charge is -2.05. The predicted molar refractivity (Wildman–Crippen MR) is 42.5 cm³/mol. The first-order valence-electron chi connectivity index (χ1n) is 2.90. The number of hydrogen-bond donors (Lipinski definition) is 1. The zero-order valence-electron chi connectivity index (χ0n) is 4.96. The first-order valence-corrected chi connectivity index (χ1v) is 4.14. The number of aliphatic hydroxyl groups excluding tert-OH is 1. The lowest BCUT2D eigenvalue weighted by molar-refractivity contribution is 0.0308. The summed E-state index contributed by atoms with van der Waals surface area (Å²) in [4.78, 5) is 0. The molecule has 0 saturated carbocycles. The van der Waals surface area contributed by atoms with Crippen molar-refractivity contribution in [1.82, 2.24) is 0 Å². The van der Waals surface area contributed by atoms with Gasteiger partial charge in [-0.25, -0.2) is 0 Å². The van der Waals surface area contributed by atoms with Crippen LogP contribution in [0.15, 0.2) is 0 Å². The molecule has 1 saturated heterocycles. The van der Waals surface area contributed by atoms with Crippen LogP contribution in [0.5, 0.6) is 0 Å². The number of hydrogen-bond acceptors (Lipinski definition) is 2. The van der Waals surface area contributed by atoms with E-state index in [0.29, 0.717) is 3.92 Å². The first kappa shape index (κ1) is 7.75. The standard InChI is InChI=1S/C6H9IO2/c1-4-6(7)2-5(3-8)9-4/h1,4-6,8H,2-3H2/t4-,5-,6?/m0/s1. The van der Waals surface area contributed by atoms with Crippen LogP contribution >= 0.6 is 22.6 Å². The van der Waals surface area contributed by atoms with E-state index in [2.05, 4.69) is 22.6 Å². The number of alkyl halides is 1. The molecule has 0 aromatic rings. The molecule has 0 aliphatic carbocycles. The van der Waals surface area contributed by atoms with Gasteiger partial charge >= 0.3 is 0 Å². The average Bonchev–Trinajstić information content (AvgIpc) is 2.13. The molecule has 1 fully saturated rings. The SMILES string of the molecule is [CH][C@@H]1O[C@H](CO)CC1I. The molecule has 3 heteroatoms. The van der Waals surface area contributed by atoms with Crippen LogP contribution in [0, 0.1) is 6.92 Å². The number of halogens is 1. The lowest BCUT2D eigenvalue weighted by atomic mass is 10.2. The van der Waals surface area contributed by atoms with Gasteiger partial charge in [-0.05, 0) is 13.3 Å². The molecular weight excluding hydrogens is 231 g/mol. The molecule has 0 aromatic carbocycles. The van der Waals surface area contributed by atoms with Crippen molar-refractivity contribution in [3.63, 3.8) is 0 Å². The molecule has 1 N–H and O–H groups in total. The monoisotopic (exact) mass is 240 g/mol. The Kier molecular flexibility index (Phi) is 2.73. The molecule has 52 valence electrons. The van der Waals surface area contributed by atoms with Crippen molar-refractivity contribution in [3.05, 3.63) is 6.92 Å². The maximum Gasteiger partial charge on any atom is 0.0821 e. The topological polar surface area (TPSA) is 29.5 Å². The van der Waals surface area contributed by atoms with Gasteiger partial charge < -0.3 is 9.84 Å². The summed E-state index contributed by atoms with van der Waals surface area (Å²) in [6.45, 7) is 5.59. The van der Waals surface area contributed by atoms with Gasteiger partial charge in [0, 0.05) is 3.92 Å². The zero-order chi connectivity index (χ0) is 6.85. The van der Waals surface area contributed by atoms with Crippen molar-refractivity contribution >= 4 is 22.6 Å². The lowest BCUT2D eigenvalue weighted by Crippen LogP contribution is -2.12. The Bertz CT molecular complexity index is 87.1. The fraction of sp³-hybridized carbons (Fsp3) is 0.833. The average molecular weight is 240 g/mol. The highest BCUT2D eigenvalue weighted by molar-refractivity contribution is 14.1. The van der Waals surface area contributed by atoms with Crippen LogP contribution in [0.2, 0.25) is 0 Å². The molecule has 0 spiro atoms. The summed E-state index contributed by atoms with van der Waals surface area (Å²) >= 11 is 2.24. The summed E-state index contributed by atoms with van der Waals surface area (Å²) in [6.07, 6.45) is 0.669. The van der Waals surface area contributed by atoms with Crippen LogP contribution in [0.1, 0.15) is 6.42 Å². The van der Waals surface area contributed by atoms with Crippen molar-refractivity contribution in [2.45, 2.75) is 22.6 Å². The highest BCUT2D eigenvalue weighted by Crippen LogP contribution is 2.25. The van der Waals surface area contributed by atoms with E-state index < -0.39 is 0 Å². The minimum atomic E-state index is -0.178. The van der Waals surface area contributed by atoms with E-state index in [1.807, 2.05) is 0 Å². The van der Waals surface area contributed by atoms with Gasteiger partial charge in [0.2, 0.25) is 0 Å². The Morgan fingerprint density at radius 3 is 2.67 bits per heavy atom. The van der Waals surface area contributed by atoms with Gasteiger partial charge in [0.1, 0.15) is 0 Å². The fourth-order valence-corrected chi connectivity index (χ4v) is 1.60. The highest BCUT2D eigenvalue weighted by atomic mass is 127. The second kappa shape index (κ2) is 3.16.